The molecule has 150 valence electrons. The van der Waals surface area contributed by atoms with Crippen LogP contribution in [0.1, 0.15) is 19.4 Å². The number of carbonyl (C=O) groups excluding carboxylic acids is 1. The SMILES string of the molecule is CCN(CC)c1ccc(NCC(=O)N(Cc2ccccc2)c2ccccc2)cc1. The molecule has 3 aromatic carbocycles. The van der Waals surface area contributed by atoms with Crippen LogP contribution in [-0.2, 0) is 11.3 Å². The van der Waals surface area contributed by atoms with Crippen molar-refractivity contribution in [3.63, 3.8) is 0 Å². The van der Waals surface area contributed by atoms with E-state index in [4.69, 9.17) is 0 Å². The highest BCUT2D eigenvalue weighted by atomic mass is 16.2. The first kappa shape index (κ1) is 20.5. The van der Waals surface area contributed by atoms with Crippen molar-refractivity contribution in [2.24, 2.45) is 0 Å². The van der Waals surface area contributed by atoms with Gasteiger partial charge in [-0.15, -0.1) is 0 Å². The molecular weight excluding hydrogens is 358 g/mol. The van der Waals surface area contributed by atoms with Crippen molar-refractivity contribution < 1.29 is 4.79 Å². The fraction of sp³-hybridized carbons (Fsp3) is 0.240. The predicted octanol–water partition coefficient (Wildman–Crippen LogP) is 5.18. The highest BCUT2D eigenvalue weighted by molar-refractivity contribution is 5.96. The zero-order valence-electron chi connectivity index (χ0n) is 17.2. The lowest BCUT2D eigenvalue weighted by molar-refractivity contribution is -0.117. The number of hydrogen-bond acceptors (Lipinski definition) is 3. The maximum atomic E-state index is 13.0. The van der Waals surface area contributed by atoms with Gasteiger partial charge in [0.2, 0.25) is 5.91 Å². The summed E-state index contributed by atoms with van der Waals surface area (Å²) >= 11 is 0. The van der Waals surface area contributed by atoms with Crippen molar-refractivity contribution in [2.75, 3.05) is 34.8 Å². The summed E-state index contributed by atoms with van der Waals surface area (Å²) in [6, 6.07) is 28.2. The standard InChI is InChI=1S/C25H29N3O/c1-3-27(4-2)23-17-15-22(16-18-23)26-19-25(29)28(24-13-9-6-10-14-24)20-21-11-7-5-8-12-21/h5-18,26H,3-4,19-20H2,1-2H3. The second kappa shape index (κ2) is 10.3. The quantitative estimate of drug-likeness (QED) is 0.550. The van der Waals surface area contributed by atoms with Gasteiger partial charge in [-0.2, -0.15) is 0 Å². The molecule has 29 heavy (non-hydrogen) atoms. The summed E-state index contributed by atoms with van der Waals surface area (Å²) in [6.07, 6.45) is 0. The molecular formula is C25H29N3O. The molecule has 3 rings (SSSR count). The molecule has 0 bridgehead atoms. The average Bonchev–Trinajstić information content (AvgIpc) is 2.79. The third kappa shape index (κ3) is 5.61. The molecule has 1 N–H and O–H groups in total. The fourth-order valence-corrected chi connectivity index (χ4v) is 3.35. The van der Waals surface area contributed by atoms with Crippen molar-refractivity contribution >= 4 is 23.0 Å². The van der Waals surface area contributed by atoms with Crippen molar-refractivity contribution in [2.45, 2.75) is 20.4 Å². The summed E-state index contributed by atoms with van der Waals surface area (Å²) in [6.45, 7) is 7.05. The van der Waals surface area contributed by atoms with Gasteiger partial charge in [0.05, 0.1) is 13.1 Å². The Labute approximate surface area is 173 Å². The minimum atomic E-state index is 0.0351. The molecule has 0 radical (unpaired) electrons. The van der Waals surface area contributed by atoms with Crippen LogP contribution < -0.4 is 15.1 Å². The molecule has 3 aromatic rings. The topological polar surface area (TPSA) is 35.6 Å². The number of benzene rings is 3. The summed E-state index contributed by atoms with van der Waals surface area (Å²) in [5.41, 5.74) is 4.15. The lowest BCUT2D eigenvalue weighted by atomic mass is 10.2. The van der Waals surface area contributed by atoms with E-state index in [0.717, 1.165) is 30.0 Å². The summed E-state index contributed by atoms with van der Waals surface area (Å²) in [5, 5.41) is 3.27. The van der Waals surface area contributed by atoms with Gasteiger partial charge < -0.3 is 15.1 Å². The number of nitrogens with zero attached hydrogens (tertiary/aromatic N) is 2. The van der Waals surface area contributed by atoms with Gasteiger partial charge in [0.1, 0.15) is 0 Å². The number of carbonyl (C=O) groups is 1. The number of rotatable bonds is 9. The van der Waals surface area contributed by atoms with E-state index >= 15 is 0 Å². The average molecular weight is 388 g/mol. The Morgan fingerprint density at radius 3 is 1.93 bits per heavy atom. The Bertz CT molecular complexity index is 875. The van der Waals surface area contributed by atoms with Gasteiger partial charge in [0.15, 0.2) is 0 Å². The molecule has 0 aromatic heterocycles. The predicted molar refractivity (Wildman–Crippen MR) is 123 cm³/mol. The molecule has 1 amide bonds. The van der Waals surface area contributed by atoms with Crippen LogP contribution in [0.25, 0.3) is 0 Å². The third-order valence-corrected chi connectivity index (χ3v) is 4.99. The summed E-state index contributed by atoms with van der Waals surface area (Å²) < 4.78 is 0. The van der Waals surface area contributed by atoms with Crippen LogP contribution >= 0.6 is 0 Å². The Morgan fingerprint density at radius 1 is 0.759 bits per heavy atom. The van der Waals surface area contributed by atoms with Gasteiger partial charge in [0.25, 0.3) is 0 Å². The number of para-hydroxylation sites is 1. The minimum absolute atomic E-state index is 0.0351. The maximum Gasteiger partial charge on any atom is 0.246 e. The molecule has 0 fully saturated rings. The Balaban J connectivity index is 1.68. The number of nitrogens with one attached hydrogen (secondary N) is 1. The van der Waals surface area contributed by atoms with Crippen molar-refractivity contribution in [1.82, 2.24) is 0 Å². The molecule has 0 spiro atoms. The fourth-order valence-electron chi connectivity index (χ4n) is 3.35. The van der Waals surface area contributed by atoms with E-state index in [2.05, 4.69) is 36.2 Å². The number of hydrogen-bond donors (Lipinski definition) is 1. The van der Waals surface area contributed by atoms with Crippen LogP contribution in [0, 0.1) is 0 Å². The Kier molecular flexibility index (Phi) is 7.28. The Hall–Kier alpha value is -3.27. The summed E-state index contributed by atoms with van der Waals surface area (Å²) in [7, 11) is 0. The van der Waals surface area contributed by atoms with E-state index in [9.17, 15) is 4.79 Å². The molecule has 0 saturated heterocycles. The zero-order chi connectivity index (χ0) is 20.5. The largest absolute Gasteiger partial charge is 0.376 e. The van der Waals surface area contributed by atoms with Gasteiger partial charge in [-0.25, -0.2) is 0 Å². The van der Waals surface area contributed by atoms with E-state index in [0.29, 0.717) is 6.54 Å². The van der Waals surface area contributed by atoms with Crippen molar-refractivity contribution in [3.8, 4) is 0 Å². The normalized spacial score (nSPS) is 10.4. The maximum absolute atomic E-state index is 13.0. The lowest BCUT2D eigenvalue weighted by Crippen LogP contribution is -2.35. The molecule has 0 heterocycles. The first-order valence-electron chi connectivity index (χ1n) is 10.2. The number of anilines is 3. The van der Waals surface area contributed by atoms with E-state index in [1.807, 2.05) is 77.7 Å². The van der Waals surface area contributed by atoms with Gasteiger partial charge >= 0.3 is 0 Å². The van der Waals surface area contributed by atoms with E-state index in [1.54, 1.807) is 0 Å². The van der Waals surface area contributed by atoms with Crippen LogP contribution in [0.2, 0.25) is 0 Å². The summed E-state index contributed by atoms with van der Waals surface area (Å²) in [5.74, 6) is 0.0351. The zero-order valence-corrected chi connectivity index (χ0v) is 17.2. The highest BCUT2D eigenvalue weighted by Crippen LogP contribution is 2.19. The molecule has 0 saturated carbocycles. The van der Waals surface area contributed by atoms with Crippen LogP contribution in [0.3, 0.4) is 0 Å². The van der Waals surface area contributed by atoms with E-state index in [-0.39, 0.29) is 12.5 Å². The van der Waals surface area contributed by atoms with Gasteiger partial charge in [-0.1, -0.05) is 48.5 Å². The summed E-state index contributed by atoms with van der Waals surface area (Å²) in [4.78, 5) is 17.2. The minimum Gasteiger partial charge on any atom is -0.376 e. The molecule has 4 heteroatoms. The first-order valence-corrected chi connectivity index (χ1v) is 10.2. The van der Waals surface area contributed by atoms with Gasteiger partial charge in [-0.3, -0.25) is 4.79 Å². The molecule has 0 aliphatic heterocycles. The molecule has 0 aliphatic rings. The van der Waals surface area contributed by atoms with E-state index in [1.165, 1.54) is 5.69 Å². The van der Waals surface area contributed by atoms with Crippen LogP contribution in [0.4, 0.5) is 17.1 Å². The number of amides is 1. The lowest BCUT2D eigenvalue weighted by Gasteiger charge is -2.24. The van der Waals surface area contributed by atoms with Crippen LogP contribution in [0.5, 0.6) is 0 Å². The van der Waals surface area contributed by atoms with Crippen molar-refractivity contribution in [3.05, 3.63) is 90.5 Å². The Morgan fingerprint density at radius 2 is 1.34 bits per heavy atom. The second-order valence-corrected chi connectivity index (χ2v) is 6.87. The molecule has 0 aliphatic carbocycles. The molecule has 0 unspecified atom stereocenters. The van der Waals surface area contributed by atoms with Crippen LogP contribution in [-0.4, -0.2) is 25.5 Å². The van der Waals surface area contributed by atoms with Gasteiger partial charge in [-0.05, 0) is 55.8 Å². The third-order valence-electron chi connectivity index (χ3n) is 4.99. The first-order chi connectivity index (χ1) is 14.2. The van der Waals surface area contributed by atoms with E-state index < -0.39 is 0 Å². The second-order valence-electron chi connectivity index (χ2n) is 6.87. The molecule has 4 nitrogen and oxygen atoms in total. The molecule has 0 atom stereocenters. The monoisotopic (exact) mass is 387 g/mol. The van der Waals surface area contributed by atoms with Gasteiger partial charge in [0, 0.05) is 30.2 Å². The smallest absolute Gasteiger partial charge is 0.246 e. The van der Waals surface area contributed by atoms with Crippen molar-refractivity contribution in [1.29, 1.82) is 0 Å². The van der Waals surface area contributed by atoms with Crippen LogP contribution in [0.15, 0.2) is 84.9 Å². The highest BCUT2D eigenvalue weighted by Gasteiger charge is 2.16.